The van der Waals surface area contributed by atoms with Crippen molar-refractivity contribution in [3.63, 3.8) is 0 Å². The molecule has 2 aromatic carbocycles. The normalized spacial score (nSPS) is 21.9. The third kappa shape index (κ3) is 5.83. The second-order valence-corrected chi connectivity index (χ2v) is 10.8. The van der Waals surface area contributed by atoms with Crippen LogP contribution in [0.4, 0.5) is 24.5 Å². The maximum absolute atomic E-state index is 13.4. The Morgan fingerprint density at radius 3 is 2.33 bits per heavy atom. The Labute approximate surface area is 208 Å². The first-order chi connectivity index (χ1) is 16.9. The van der Waals surface area contributed by atoms with Gasteiger partial charge in [-0.1, -0.05) is 6.07 Å². The summed E-state index contributed by atoms with van der Waals surface area (Å²) < 4.78 is 78.9. The molecule has 36 heavy (non-hydrogen) atoms. The van der Waals surface area contributed by atoms with Crippen LogP contribution < -0.4 is 10.2 Å². The topological polar surface area (TPSA) is 88.2 Å². The highest BCUT2D eigenvalue weighted by Gasteiger charge is 2.33. The van der Waals surface area contributed by atoms with Crippen LogP contribution in [-0.4, -0.2) is 70.2 Å². The van der Waals surface area contributed by atoms with Crippen molar-refractivity contribution < 1.29 is 35.9 Å². The molecule has 2 aliphatic heterocycles. The third-order valence-electron chi connectivity index (χ3n) is 6.04. The van der Waals surface area contributed by atoms with Gasteiger partial charge in [-0.15, -0.1) is 0 Å². The molecule has 0 spiro atoms. The van der Waals surface area contributed by atoms with Gasteiger partial charge in [-0.3, -0.25) is 4.79 Å². The molecule has 2 aliphatic rings. The van der Waals surface area contributed by atoms with Crippen molar-refractivity contribution in [3.8, 4) is 0 Å². The van der Waals surface area contributed by atoms with E-state index in [1.54, 1.807) is 13.8 Å². The van der Waals surface area contributed by atoms with E-state index in [1.807, 2.05) is 4.90 Å². The molecule has 1 N–H and O–H groups in total. The van der Waals surface area contributed by atoms with Crippen LogP contribution in [0.15, 0.2) is 47.4 Å². The Morgan fingerprint density at radius 2 is 1.69 bits per heavy atom. The molecule has 1 amide bonds. The van der Waals surface area contributed by atoms with Crippen LogP contribution in [0.1, 0.15) is 29.8 Å². The minimum atomic E-state index is -4.59. The quantitative estimate of drug-likeness (QED) is 0.640. The molecule has 8 nitrogen and oxygen atoms in total. The number of sulfonamides is 1. The van der Waals surface area contributed by atoms with Gasteiger partial charge >= 0.3 is 6.18 Å². The molecule has 2 fully saturated rings. The van der Waals surface area contributed by atoms with Gasteiger partial charge in [0.25, 0.3) is 5.91 Å². The zero-order chi connectivity index (χ0) is 26.1. The molecule has 2 atom stereocenters. The Morgan fingerprint density at radius 1 is 1.03 bits per heavy atom. The fraction of sp³-hybridized carbons (Fsp3) is 0.458. The smallest absolute Gasteiger partial charge is 0.378 e. The zero-order valence-electron chi connectivity index (χ0n) is 19.9. The number of amides is 1. The summed E-state index contributed by atoms with van der Waals surface area (Å²) in [5, 5.41) is 2.56. The van der Waals surface area contributed by atoms with E-state index in [4.69, 9.17) is 9.47 Å². The number of rotatable bonds is 5. The van der Waals surface area contributed by atoms with Gasteiger partial charge in [0, 0.05) is 31.7 Å². The predicted octanol–water partition coefficient (Wildman–Crippen LogP) is 3.59. The highest BCUT2D eigenvalue weighted by molar-refractivity contribution is 7.89. The fourth-order valence-electron chi connectivity index (χ4n) is 4.36. The fourth-order valence-corrected chi connectivity index (χ4v) is 6.00. The van der Waals surface area contributed by atoms with Gasteiger partial charge in [0.15, 0.2) is 0 Å². The van der Waals surface area contributed by atoms with E-state index in [9.17, 15) is 26.4 Å². The molecule has 4 rings (SSSR count). The lowest BCUT2D eigenvalue weighted by molar-refractivity contribution is -0.137. The van der Waals surface area contributed by atoms with E-state index < -0.39 is 27.7 Å². The zero-order valence-corrected chi connectivity index (χ0v) is 20.7. The van der Waals surface area contributed by atoms with Crippen molar-refractivity contribution in [2.24, 2.45) is 0 Å². The second-order valence-electron chi connectivity index (χ2n) is 8.89. The van der Waals surface area contributed by atoms with Crippen molar-refractivity contribution in [1.82, 2.24) is 4.31 Å². The van der Waals surface area contributed by atoms with Crippen LogP contribution in [0.2, 0.25) is 0 Å². The number of ether oxygens (including phenoxy) is 2. The number of hydrogen-bond donors (Lipinski definition) is 1. The number of nitrogens with zero attached hydrogens (tertiary/aromatic N) is 2. The number of nitrogens with one attached hydrogen (secondary N) is 1. The van der Waals surface area contributed by atoms with Crippen LogP contribution >= 0.6 is 0 Å². The molecule has 196 valence electrons. The highest BCUT2D eigenvalue weighted by atomic mass is 32.2. The number of hydrogen-bond acceptors (Lipinski definition) is 6. The molecular formula is C24H28F3N3O5S. The Kier molecular flexibility index (Phi) is 7.60. The molecular weight excluding hydrogens is 499 g/mol. The lowest BCUT2D eigenvalue weighted by atomic mass is 10.1. The van der Waals surface area contributed by atoms with Gasteiger partial charge in [0.2, 0.25) is 10.0 Å². The summed E-state index contributed by atoms with van der Waals surface area (Å²) in [4.78, 5) is 14.9. The van der Waals surface area contributed by atoms with Gasteiger partial charge in [-0.2, -0.15) is 17.5 Å². The summed E-state index contributed by atoms with van der Waals surface area (Å²) >= 11 is 0. The SMILES string of the molecule is C[C@@H]1CN(S(=O)(=O)c2cccc(C(=O)Nc3cc(C(F)(F)F)ccc3N3CCOCC3)c2)C[C@H](C)O1. The average Bonchev–Trinajstić information content (AvgIpc) is 2.83. The average molecular weight is 528 g/mol. The van der Waals surface area contributed by atoms with Gasteiger partial charge < -0.3 is 19.7 Å². The lowest BCUT2D eigenvalue weighted by Gasteiger charge is -2.34. The van der Waals surface area contributed by atoms with Gasteiger partial charge in [0.05, 0.1) is 47.3 Å². The monoisotopic (exact) mass is 527 g/mol. The van der Waals surface area contributed by atoms with E-state index in [2.05, 4.69) is 5.32 Å². The number of halogens is 3. The van der Waals surface area contributed by atoms with E-state index in [1.165, 1.54) is 34.6 Å². The summed E-state index contributed by atoms with van der Waals surface area (Å²) in [5.74, 6) is -0.718. The van der Waals surface area contributed by atoms with Crippen molar-refractivity contribution in [2.75, 3.05) is 49.6 Å². The van der Waals surface area contributed by atoms with Gasteiger partial charge in [-0.25, -0.2) is 8.42 Å². The van der Waals surface area contributed by atoms with Gasteiger partial charge in [0.1, 0.15) is 0 Å². The number of morpholine rings is 2. The van der Waals surface area contributed by atoms with Crippen LogP contribution in [0, 0.1) is 0 Å². The predicted molar refractivity (Wildman–Crippen MR) is 128 cm³/mol. The number of alkyl halides is 3. The highest BCUT2D eigenvalue weighted by Crippen LogP contribution is 2.36. The number of carbonyl (C=O) groups is 1. The number of benzene rings is 2. The van der Waals surface area contributed by atoms with Crippen molar-refractivity contribution in [3.05, 3.63) is 53.6 Å². The van der Waals surface area contributed by atoms with Crippen molar-refractivity contribution in [2.45, 2.75) is 37.1 Å². The largest absolute Gasteiger partial charge is 0.416 e. The third-order valence-corrected chi connectivity index (χ3v) is 7.87. The molecule has 0 saturated carbocycles. The summed E-state index contributed by atoms with van der Waals surface area (Å²) in [6, 6.07) is 8.66. The summed E-state index contributed by atoms with van der Waals surface area (Å²) in [6.07, 6.45) is -5.16. The summed E-state index contributed by atoms with van der Waals surface area (Å²) in [5.41, 5.74) is -0.474. The van der Waals surface area contributed by atoms with Crippen molar-refractivity contribution in [1.29, 1.82) is 0 Å². The maximum atomic E-state index is 13.4. The molecule has 0 aromatic heterocycles. The molecule has 2 heterocycles. The summed E-state index contributed by atoms with van der Waals surface area (Å²) in [7, 11) is -3.91. The minimum absolute atomic E-state index is 0.00997. The molecule has 2 aromatic rings. The maximum Gasteiger partial charge on any atom is 0.416 e. The van der Waals surface area contributed by atoms with Crippen LogP contribution in [-0.2, 0) is 25.7 Å². The first kappa shape index (κ1) is 26.4. The second kappa shape index (κ2) is 10.4. The van der Waals surface area contributed by atoms with Crippen LogP contribution in [0.25, 0.3) is 0 Å². The van der Waals surface area contributed by atoms with E-state index >= 15 is 0 Å². The standard InChI is InChI=1S/C24H28F3N3O5S/c1-16-14-30(15-17(2)35-16)36(32,33)20-5-3-4-18(12-20)23(31)28-21-13-19(24(25,26)27)6-7-22(21)29-8-10-34-11-9-29/h3-7,12-13,16-17H,8-11,14-15H2,1-2H3,(H,28,31)/t16-,17+. The molecule has 0 aliphatic carbocycles. The lowest BCUT2D eigenvalue weighted by Crippen LogP contribution is -2.48. The van der Waals surface area contributed by atoms with Crippen LogP contribution in [0.3, 0.4) is 0 Å². The van der Waals surface area contributed by atoms with Crippen LogP contribution in [0.5, 0.6) is 0 Å². The van der Waals surface area contributed by atoms with E-state index in [0.29, 0.717) is 32.0 Å². The van der Waals surface area contributed by atoms with E-state index in [0.717, 1.165) is 12.1 Å². The van der Waals surface area contributed by atoms with Crippen molar-refractivity contribution >= 4 is 27.3 Å². The van der Waals surface area contributed by atoms with E-state index in [-0.39, 0.29) is 41.4 Å². The first-order valence-electron chi connectivity index (χ1n) is 11.6. The first-order valence-corrected chi connectivity index (χ1v) is 13.0. The molecule has 12 heteroatoms. The summed E-state index contributed by atoms with van der Waals surface area (Å²) in [6.45, 7) is 5.65. The Bertz CT molecular complexity index is 1210. The molecule has 0 unspecified atom stereocenters. The molecule has 0 radical (unpaired) electrons. The molecule has 0 bridgehead atoms. The minimum Gasteiger partial charge on any atom is -0.378 e. The van der Waals surface area contributed by atoms with Gasteiger partial charge in [-0.05, 0) is 50.2 Å². The number of carbonyl (C=O) groups excluding carboxylic acids is 1. The number of anilines is 2. The Balaban J connectivity index is 1.62. The molecule has 2 saturated heterocycles. The Hall–Kier alpha value is -2.67.